The highest BCUT2D eigenvalue weighted by atomic mass is 16.5. The summed E-state index contributed by atoms with van der Waals surface area (Å²) < 4.78 is 4.86. The standard InChI is InChI=1S/C20H34O5/c1-2-3-4-7-16(14-21)9-10-17-11-12-19(22)18(17)8-5-6-13-25-15-20(23)24/h6,13,16-18,21H,2-5,7-12,14-15H2,1H3,(H,23,24)/t16?,17-,18+/m0/s1. The van der Waals surface area contributed by atoms with E-state index < -0.39 is 5.97 Å². The molecule has 1 aliphatic rings. The molecule has 1 unspecified atom stereocenters. The summed E-state index contributed by atoms with van der Waals surface area (Å²) in [7, 11) is 0. The minimum atomic E-state index is -0.993. The first-order chi connectivity index (χ1) is 12.1. The lowest BCUT2D eigenvalue weighted by atomic mass is 9.84. The summed E-state index contributed by atoms with van der Waals surface area (Å²) in [6.45, 7) is 2.10. The number of hydrogen-bond donors (Lipinski definition) is 2. The fourth-order valence-corrected chi connectivity index (χ4v) is 3.71. The third-order valence-electron chi connectivity index (χ3n) is 5.21. The van der Waals surface area contributed by atoms with Gasteiger partial charge in [0.2, 0.25) is 0 Å². The van der Waals surface area contributed by atoms with Crippen molar-refractivity contribution in [2.24, 2.45) is 17.8 Å². The molecule has 0 radical (unpaired) electrons. The number of carbonyl (C=O) groups excluding carboxylic acids is 1. The van der Waals surface area contributed by atoms with Crippen LogP contribution < -0.4 is 0 Å². The van der Waals surface area contributed by atoms with Crippen molar-refractivity contribution in [1.82, 2.24) is 0 Å². The van der Waals surface area contributed by atoms with E-state index in [1.807, 2.05) is 0 Å². The molecule has 144 valence electrons. The minimum Gasteiger partial charge on any atom is -0.490 e. The topological polar surface area (TPSA) is 83.8 Å². The largest absolute Gasteiger partial charge is 0.490 e. The maximum absolute atomic E-state index is 12.1. The predicted molar refractivity (Wildman–Crippen MR) is 97.1 cm³/mol. The van der Waals surface area contributed by atoms with E-state index in [4.69, 9.17) is 9.84 Å². The number of ketones is 1. The molecule has 0 aliphatic heterocycles. The van der Waals surface area contributed by atoms with E-state index in [1.165, 1.54) is 25.5 Å². The van der Waals surface area contributed by atoms with Crippen LogP contribution in [0.1, 0.15) is 71.1 Å². The second-order valence-corrected chi connectivity index (χ2v) is 7.15. The predicted octanol–water partition coefficient (Wildman–Crippen LogP) is 3.95. The highest BCUT2D eigenvalue weighted by Crippen LogP contribution is 2.36. The first kappa shape index (κ1) is 21.7. The molecular weight excluding hydrogens is 320 g/mol. The van der Waals surface area contributed by atoms with Gasteiger partial charge in [-0.2, -0.15) is 0 Å². The van der Waals surface area contributed by atoms with Gasteiger partial charge in [-0.3, -0.25) is 4.79 Å². The van der Waals surface area contributed by atoms with Crippen LogP contribution in [0.3, 0.4) is 0 Å². The van der Waals surface area contributed by atoms with Crippen molar-refractivity contribution in [3.63, 3.8) is 0 Å². The molecule has 2 N–H and O–H groups in total. The summed E-state index contributed by atoms with van der Waals surface area (Å²) in [5.41, 5.74) is 0. The molecule has 1 saturated carbocycles. The number of Topliss-reactive ketones (excluding diaryl/α,β-unsaturated/α-hetero) is 1. The van der Waals surface area contributed by atoms with Crippen LogP contribution in [0.2, 0.25) is 0 Å². The Morgan fingerprint density at radius 2 is 2.12 bits per heavy atom. The quantitative estimate of drug-likeness (QED) is 0.364. The van der Waals surface area contributed by atoms with Crippen LogP contribution in [-0.2, 0) is 14.3 Å². The molecular formula is C20H34O5. The Bertz CT molecular complexity index is 418. The van der Waals surface area contributed by atoms with Gasteiger partial charge in [-0.15, -0.1) is 0 Å². The van der Waals surface area contributed by atoms with Gasteiger partial charge in [0, 0.05) is 18.9 Å². The summed E-state index contributed by atoms with van der Waals surface area (Å²) in [6, 6.07) is 0. The van der Waals surface area contributed by atoms with Gasteiger partial charge in [-0.1, -0.05) is 26.2 Å². The third kappa shape index (κ3) is 9.05. The van der Waals surface area contributed by atoms with Gasteiger partial charge in [-0.05, 0) is 56.4 Å². The lowest BCUT2D eigenvalue weighted by Crippen LogP contribution is -2.16. The van der Waals surface area contributed by atoms with Crippen LogP contribution in [0.5, 0.6) is 0 Å². The molecule has 0 saturated heterocycles. The number of aliphatic carboxylic acids is 1. The number of unbranched alkanes of at least 4 members (excludes halogenated alkanes) is 2. The molecule has 0 bridgehead atoms. The molecule has 5 nitrogen and oxygen atoms in total. The molecule has 0 spiro atoms. The summed E-state index contributed by atoms with van der Waals surface area (Å²) in [5.74, 6) is 0.275. The second-order valence-electron chi connectivity index (χ2n) is 7.15. The molecule has 5 heteroatoms. The van der Waals surface area contributed by atoms with Crippen LogP contribution in [0.4, 0.5) is 0 Å². The number of ether oxygens (including phenoxy) is 1. The van der Waals surface area contributed by atoms with Gasteiger partial charge < -0.3 is 14.9 Å². The molecule has 0 amide bonds. The average molecular weight is 354 g/mol. The van der Waals surface area contributed by atoms with Crippen molar-refractivity contribution >= 4 is 11.8 Å². The van der Waals surface area contributed by atoms with Gasteiger partial charge in [0.25, 0.3) is 0 Å². The molecule has 0 aromatic rings. The first-order valence-corrected chi connectivity index (χ1v) is 9.70. The van der Waals surface area contributed by atoms with E-state index in [9.17, 15) is 14.7 Å². The number of carboxylic acid groups (broad SMARTS) is 1. The van der Waals surface area contributed by atoms with Crippen molar-refractivity contribution in [2.45, 2.75) is 71.1 Å². The molecule has 0 heterocycles. The van der Waals surface area contributed by atoms with Gasteiger partial charge in [0.05, 0.1) is 6.26 Å². The summed E-state index contributed by atoms with van der Waals surface area (Å²) >= 11 is 0. The molecule has 1 aliphatic carbocycles. The summed E-state index contributed by atoms with van der Waals surface area (Å²) in [6.07, 6.45) is 13.1. The van der Waals surface area contributed by atoms with E-state index in [0.29, 0.717) is 24.0 Å². The maximum Gasteiger partial charge on any atom is 0.341 e. The zero-order valence-corrected chi connectivity index (χ0v) is 15.5. The fraction of sp³-hybridized carbons (Fsp3) is 0.800. The number of rotatable bonds is 14. The summed E-state index contributed by atoms with van der Waals surface area (Å²) in [4.78, 5) is 22.5. The number of aliphatic hydroxyl groups excluding tert-OH is 1. The van der Waals surface area contributed by atoms with Gasteiger partial charge in [-0.25, -0.2) is 4.79 Å². The highest BCUT2D eigenvalue weighted by Gasteiger charge is 2.33. The number of carbonyl (C=O) groups is 2. The minimum absolute atomic E-state index is 0.110. The Morgan fingerprint density at radius 3 is 2.80 bits per heavy atom. The number of carboxylic acids is 1. The monoisotopic (exact) mass is 354 g/mol. The van der Waals surface area contributed by atoms with E-state index >= 15 is 0 Å². The van der Waals surface area contributed by atoms with Crippen molar-refractivity contribution in [1.29, 1.82) is 0 Å². The van der Waals surface area contributed by atoms with E-state index in [1.54, 1.807) is 6.08 Å². The summed E-state index contributed by atoms with van der Waals surface area (Å²) in [5, 5.41) is 18.0. The number of allylic oxidation sites excluding steroid dienone is 1. The maximum atomic E-state index is 12.1. The Hall–Kier alpha value is -1.36. The van der Waals surface area contributed by atoms with Crippen LogP contribution in [0.25, 0.3) is 0 Å². The molecule has 0 aromatic heterocycles. The Labute approximate surface area is 151 Å². The Morgan fingerprint density at radius 1 is 1.32 bits per heavy atom. The van der Waals surface area contributed by atoms with Crippen LogP contribution in [-0.4, -0.2) is 35.2 Å². The average Bonchev–Trinajstić information content (AvgIpc) is 2.94. The SMILES string of the molecule is CCCCCC(CO)CC[C@H]1CCC(=O)[C@@H]1CCC=COCC(=O)O. The third-order valence-corrected chi connectivity index (χ3v) is 5.21. The normalized spacial score (nSPS) is 21.8. The molecule has 25 heavy (non-hydrogen) atoms. The zero-order chi connectivity index (χ0) is 18.5. The molecule has 3 atom stereocenters. The van der Waals surface area contributed by atoms with Crippen molar-refractivity contribution in [2.75, 3.05) is 13.2 Å². The van der Waals surface area contributed by atoms with E-state index in [2.05, 4.69) is 6.92 Å². The molecule has 0 aromatic carbocycles. The first-order valence-electron chi connectivity index (χ1n) is 9.70. The fourth-order valence-electron chi connectivity index (χ4n) is 3.71. The Balaban J connectivity index is 2.32. The van der Waals surface area contributed by atoms with Crippen molar-refractivity contribution in [3.05, 3.63) is 12.3 Å². The molecule has 1 fully saturated rings. The Kier molecular flexibility index (Phi) is 11.2. The van der Waals surface area contributed by atoms with Crippen molar-refractivity contribution in [3.8, 4) is 0 Å². The van der Waals surface area contributed by atoms with E-state index in [0.717, 1.165) is 38.5 Å². The van der Waals surface area contributed by atoms with Crippen LogP contribution in [0, 0.1) is 17.8 Å². The lowest BCUT2D eigenvalue weighted by Gasteiger charge is -2.21. The highest BCUT2D eigenvalue weighted by molar-refractivity contribution is 5.83. The van der Waals surface area contributed by atoms with E-state index in [-0.39, 0.29) is 19.1 Å². The molecule has 1 rings (SSSR count). The van der Waals surface area contributed by atoms with Crippen LogP contribution >= 0.6 is 0 Å². The number of aliphatic hydroxyl groups is 1. The number of hydrogen-bond acceptors (Lipinski definition) is 4. The van der Waals surface area contributed by atoms with Gasteiger partial charge in [0.15, 0.2) is 6.61 Å². The van der Waals surface area contributed by atoms with Crippen molar-refractivity contribution < 1.29 is 24.5 Å². The smallest absolute Gasteiger partial charge is 0.341 e. The van der Waals surface area contributed by atoms with Gasteiger partial charge >= 0.3 is 5.97 Å². The zero-order valence-electron chi connectivity index (χ0n) is 15.5. The van der Waals surface area contributed by atoms with Crippen LogP contribution in [0.15, 0.2) is 12.3 Å². The van der Waals surface area contributed by atoms with Gasteiger partial charge in [0.1, 0.15) is 5.78 Å². The second kappa shape index (κ2) is 12.9. The lowest BCUT2D eigenvalue weighted by molar-refractivity contribution is -0.140.